The molecule has 1 amide bonds. The van der Waals surface area contributed by atoms with E-state index in [1.165, 1.54) is 9.47 Å². The lowest BCUT2D eigenvalue weighted by atomic mass is 10.2. The molecule has 0 saturated carbocycles. The number of oxazole rings is 1. The Kier molecular flexibility index (Phi) is 3.59. The maximum absolute atomic E-state index is 11.7. The van der Waals surface area contributed by atoms with Gasteiger partial charge >= 0.3 is 5.76 Å². The normalized spacial score (nSPS) is 10.8. The van der Waals surface area contributed by atoms with E-state index in [4.69, 9.17) is 10.2 Å². The fourth-order valence-electron chi connectivity index (χ4n) is 1.91. The number of anilines is 1. The van der Waals surface area contributed by atoms with Crippen molar-refractivity contribution >= 4 is 22.7 Å². The van der Waals surface area contributed by atoms with Crippen LogP contribution in [0.4, 0.5) is 5.69 Å². The van der Waals surface area contributed by atoms with E-state index >= 15 is 0 Å². The number of amides is 1. The van der Waals surface area contributed by atoms with Crippen molar-refractivity contribution in [2.45, 2.75) is 19.4 Å². The van der Waals surface area contributed by atoms with Crippen LogP contribution in [-0.4, -0.2) is 29.5 Å². The highest BCUT2D eigenvalue weighted by molar-refractivity contribution is 5.77. The predicted octanol–water partition coefficient (Wildman–Crippen LogP) is 1.05. The average molecular weight is 263 g/mol. The van der Waals surface area contributed by atoms with Crippen LogP contribution in [0.25, 0.3) is 11.1 Å². The zero-order valence-electron chi connectivity index (χ0n) is 11.0. The number of carbonyl (C=O) groups excluding carboxylic acids is 1. The van der Waals surface area contributed by atoms with Gasteiger partial charge in [0.15, 0.2) is 5.58 Å². The van der Waals surface area contributed by atoms with E-state index < -0.39 is 5.76 Å². The highest BCUT2D eigenvalue weighted by Crippen LogP contribution is 2.16. The Morgan fingerprint density at radius 3 is 2.84 bits per heavy atom. The first kappa shape index (κ1) is 13.2. The van der Waals surface area contributed by atoms with Gasteiger partial charge in [-0.15, -0.1) is 0 Å². The van der Waals surface area contributed by atoms with Gasteiger partial charge in [-0.1, -0.05) is 0 Å². The largest absolute Gasteiger partial charge is 0.419 e. The molecule has 0 spiro atoms. The fraction of sp³-hybridized carbons (Fsp3) is 0.385. The minimum Gasteiger partial charge on any atom is -0.408 e. The minimum atomic E-state index is -0.419. The summed E-state index contributed by atoms with van der Waals surface area (Å²) in [4.78, 5) is 24.7. The van der Waals surface area contributed by atoms with Gasteiger partial charge in [-0.05, 0) is 18.6 Å². The van der Waals surface area contributed by atoms with Crippen LogP contribution in [0, 0.1) is 0 Å². The SMILES string of the molecule is CN(C)C(=O)CCCn1c(=O)oc2cc(N)ccc21. The number of nitrogens with zero attached hydrogens (tertiary/aromatic N) is 2. The van der Waals surface area contributed by atoms with Crippen LogP contribution < -0.4 is 11.5 Å². The molecular weight excluding hydrogens is 246 g/mol. The summed E-state index contributed by atoms with van der Waals surface area (Å²) in [5, 5.41) is 0. The van der Waals surface area contributed by atoms with Gasteiger partial charge in [0.2, 0.25) is 5.91 Å². The summed E-state index contributed by atoms with van der Waals surface area (Å²) in [5.41, 5.74) is 7.37. The molecule has 0 saturated heterocycles. The number of hydrogen-bond acceptors (Lipinski definition) is 4. The Morgan fingerprint density at radius 1 is 1.42 bits per heavy atom. The van der Waals surface area contributed by atoms with Crippen molar-refractivity contribution in [2.75, 3.05) is 19.8 Å². The Balaban J connectivity index is 2.15. The van der Waals surface area contributed by atoms with E-state index in [2.05, 4.69) is 0 Å². The lowest BCUT2D eigenvalue weighted by Gasteiger charge is -2.09. The molecule has 0 fully saturated rings. The summed E-state index contributed by atoms with van der Waals surface area (Å²) in [7, 11) is 3.43. The Hall–Kier alpha value is -2.24. The molecule has 0 aliphatic heterocycles. The van der Waals surface area contributed by atoms with Crippen LogP contribution in [-0.2, 0) is 11.3 Å². The van der Waals surface area contributed by atoms with Crippen LogP contribution >= 0.6 is 0 Å². The predicted molar refractivity (Wildman–Crippen MR) is 72.8 cm³/mol. The molecule has 0 unspecified atom stereocenters. The van der Waals surface area contributed by atoms with E-state index in [1.807, 2.05) is 0 Å². The number of fused-ring (bicyclic) bond motifs is 1. The summed E-state index contributed by atoms with van der Waals surface area (Å²) in [6, 6.07) is 5.10. The monoisotopic (exact) mass is 263 g/mol. The molecule has 6 heteroatoms. The molecule has 1 aromatic heterocycles. The van der Waals surface area contributed by atoms with Crippen LogP contribution in [0.2, 0.25) is 0 Å². The quantitative estimate of drug-likeness (QED) is 0.836. The second kappa shape index (κ2) is 5.17. The molecule has 1 heterocycles. The number of carbonyl (C=O) groups is 1. The van der Waals surface area contributed by atoms with Crippen LogP contribution in [0.15, 0.2) is 27.4 Å². The Morgan fingerprint density at radius 2 is 2.16 bits per heavy atom. The fourth-order valence-corrected chi connectivity index (χ4v) is 1.91. The molecule has 19 heavy (non-hydrogen) atoms. The van der Waals surface area contributed by atoms with Crippen LogP contribution in [0.1, 0.15) is 12.8 Å². The standard InChI is InChI=1S/C13H17N3O3/c1-15(2)12(17)4-3-7-16-10-6-5-9(14)8-11(10)19-13(16)18/h5-6,8H,3-4,7,14H2,1-2H3. The third-order valence-electron chi connectivity index (χ3n) is 2.96. The van der Waals surface area contributed by atoms with Crippen molar-refractivity contribution in [3.8, 4) is 0 Å². The topological polar surface area (TPSA) is 81.5 Å². The number of aromatic nitrogens is 1. The van der Waals surface area contributed by atoms with Crippen molar-refractivity contribution in [3.05, 3.63) is 28.7 Å². The van der Waals surface area contributed by atoms with Crippen molar-refractivity contribution in [2.24, 2.45) is 0 Å². The van der Waals surface area contributed by atoms with Gasteiger partial charge in [0.1, 0.15) is 0 Å². The number of benzene rings is 1. The number of rotatable bonds is 4. The molecule has 6 nitrogen and oxygen atoms in total. The van der Waals surface area contributed by atoms with Gasteiger partial charge in [0, 0.05) is 38.8 Å². The summed E-state index contributed by atoms with van der Waals surface area (Å²) >= 11 is 0. The van der Waals surface area contributed by atoms with Crippen molar-refractivity contribution < 1.29 is 9.21 Å². The van der Waals surface area contributed by atoms with E-state index in [1.54, 1.807) is 32.3 Å². The molecule has 2 aromatic rings. The van der Waals surface area contributed by atoms with Gasteiger partial charge < -0.3 is 15.1 Å². The maximum atomic E-state index is 11.7. The van der Waals surface area contributed by atoms with E-state index in [9.17, 15) is 9.59 Å². The Bertz CT molecular complexity index is 655. The smallest absolute Gasteiger partial charge is 0.408 e. The lowest BCUT2D eigenvalue weighted by molar-refractivity contribution is -0.128. The van der Waals surface area contributed by atoms with Crippen molar-refractivity contribution in [3.63, 3.8) is 0 Å². The first-order valence-corrected chi connectivity index (χ1v) is 6.08. The minimum absolute atomic E-state index is 0.0464. The summed E-state index contributed by atoms with van der Waals surface area (Å²) in [5.74, 6) is -0.372. The van der Waals surface area contributed by atoms with Gasteiger partial charge in [-0.25, -0.2) is 4.79 Å². The third kappa shape index (κ3) is 2.78. The zero-order chi connectivity index (χ0) is 14.0. The molecule has 0 aliphatic rings. The molecule has 0 radical (unpaired) electrons. The van der Waals surface area contributed by atoms with E-state index in [-0.39, 0.29) is 5.91 Å². The molecular formula is C13H17N3O3. The summed E-state index contributed by atoms with van der Waals surface area (Å²) in [6.45, 7) is 0.454. The van der Waals surface area contributed by atoms with Crippen LogP contribution in [0.5, 0.6) is 0 Å². The summed E-state index contributed by atoms with van der Waals surface area (Å²) < 4.78 is 6.64. The molecule has 102 valence electrons. The highest BCUT2D eigenvalue weighted by atomic mass is 16.4. The molecule has 2 N–H and O–H groups in total. The maximum Gasteiger partial charge on any atom is 0.419 e. The van der Waals surface area contributed by atoms with Gasteiger partial charge in [0.05, 0.1) is 5.52 Å². The van der Waals surface area contributed by atoms with Crippen LogP contribution in [0.3, 0.4) is 0 Å². The lowest BCUT2D eigenvalue weighted by Crippen LogP contribution is -2.22. The van der Waals surface area contributed by atoms with Crippen molar-refractivity contribution in [1.29, 1.82) is 0 Å². The van der Waals surface area contributed by atoms with Gasteiger partial charge in [-0.3, -0.25) is 9.36 Å². The molecule has 0 atom stereocenters. The number of nitrogen functional groups attached to an aromatic ring is 1. The second-order valence-electron chi connectivity index (χ2n) is 4.64. The first-order valence-electron chi connectivity index (χ1n) is 6.08. The van der Waals surface area contributed by atoms with Gasteiger partial charge in [0.25, 0.3) is 0 Å². The van der Waals surface area contributed by atoms with E-state index in [0.29, 0.717) is 36.2 Å². The number of aryl methyl sites for hydroxylation is 1. The molecule has 2 rings (SSSR count). The van der Waals surface area contributed by atoms with Gasteiger partial charge in [-0.2, -0.15) is 0 Å². The average Bonchev–Trinajstić information content (AvgIpc) is 2.64. The third-order valence-corrected chi connectivity index (χ3v) is 2.96. The first-order chi connectivity index (χ1) is 8.99. The molecule has 0 bridgehead atoms. The molecule has 1 aromatic carbocycles. The summed E-state index contributed by atoms with van der Waals surface area (Å²) in [6.07, 6.45) is 0.997. The number of hydrogen-bond donors (Lipinski definition) is 1. The Labute approximate surface area is 110 Å². The highest BCUT2D eigenvalue weighted by Gasteiger charge is 2.10. The van der Waals surface area contributed by atoms with E-state index in [0.717, 1.165) is 0 Å². The molecule has 0 aliphatic carbocycles. The zero-order valence-corrected chi connectivity index (χ0v) is 11.0. The number of nitrogens with two attached hydrogens (primary N) is 1. The van der Waals surface area contributed by atoms with Crippen molar-refractivity contribution in [1.82, 2.24) is 9.47 Å². The second-order valence-corrected chi connectivity index (χ2v) is 4.64.